The molecule has 1 N–H and O–H groups in total. The van der Waals surface area contributed by atoms with Gasteiger partial charge in [0, 0.05) is 25.4 Å². The molecule has 2 fully saturated rings. The number of hydrogen-bond donors (Lipinski definition) is 1. The first-order valence-corrected chi connectivity index (χ1v) is 9.62. The Bertz CT molecular complexity index is 600. The largest absolute Gasteiger partial charge is 0.358 e. The van der Waals surface area contributed by atoms with Crippen molar-refractivity contribution in [2.45, 2.75) is 25.3 Å². The fourth-order valence-electron chi connectivity index (χ4n) is 3.00. The van der Waals surface area contributed by atoms with Crippen LogP contribution < -0.4 is 5.32 Å². The molecule has 2 heterocycles. The quantitative estimate of drug-likeness (QED) is 0.834. The molecular weight excluding hydrogens is 342 g/mol. The fraction of sp³-hybridized carbons (Fsp3) is 0.471. The van der Waals surface area contributed by atoms with Gasteiger partial charge < -0.3 is 10.2 Å². The molecule has 0 aliphatic carbocycles. The molecule has 3 rings (SSSR count). The van der Waals surface area contributed by atoms with Crippen LogP contribution in [0.1, 0.15) is 30.9 Å². The number of thioether (sulfide) groups is 1. The summed E-state index contributed by atoms with van der Waals surface area (Å²) in [6.45, 7) is 2.44. The maximum Gasteiger partial charge on any atom is 0.324 e. The average molecular weight is 364 g/mol. The van der Waals surface area contributed by atoms with E-state index in [0.717, 1.165) is 23.0 Å². The summed E-state index contributed by atoms with van der Waals surface area (Å²) >= 11 is 6.96. The van der Waals surface area contributed by atoms with Crippen molar-refractivity contribution < 1.29 is 9.59 Å². The highest BCUT2D eigenvalue weighted by atomic mass is 32.2. The second-order valence-electron chi connectivity index (χ2n) is 5.97. The molecule has 7 heteroatoms. The van der Waals surface area contributed by atoms with Gasteiger partial charge in [-0.1, -0.05) is 54.3 Å². The maximum absolute atomic E-state index is 12.3. The van der Waals surface area contributed by atoms with Crippen LogP contribution in [-0.2, 0) is 4.79 Å². The van der Waals surface area contributed by atoms with Gasteiger partial charge in [-0.05, 0) is 18.4 Å². The summed E-state index contributed by atoms with van der Waals surface area (Å²) in [7, 11) is 0. The molecule has 2 saturated heterocycles. The van der Waals surface area contributed by atoms with Gasteiger partial charge in [-0.3, -0.25) is 9.69 Å². The van der Waals surface area contributed by atoms with E-state index >= 15 is 0 Å². The number of likely N-dealkylation sites (tertiary alicyclic amines) is 1. The number of benzene rings is 1. The third-order valence-electron chi connectivity index (χ3n) is 4.33. The van der Waals surface area contributed by atoms with Gasteiger partial charge in [0.25, 0.3) is 0 Å². The fourth-order valence-corrected chi connectivity index (χ4v) is 4.25. The third kappa shape index (κ3) is 4.08. The van der Waals surface area contributed by atoms with Crippen molar-refractivity contribution in [3.8, 4) is 0 Å². The van der Waals surface area contributed by atoms with Crippen molar-refractivity contribution in [3.63, 3.8) is 0 Å². The van der Waals surface area contributed by atoms with E-state index in [4.69, 9.17) is 12.2 Å². The summed E-state index contributed by atoms with van der Waals surface area (Å²) in [5, 5.41) is 2.92. The maximum atomic E-state index is 12.3. The van der Waals surface area contributed by atoms with Crippen LogP contribution in [0.5, 0.6) is 0 Å². The number of nitrogens with zero attached hydrogens (tertiary/aromatic N) is 2. The Morgan fingerprint density at radius 3 is 2.58 bits per heavy atom. The van der Waals surface area contributed by atoms with Crippen LogP contribution in [0.4, 0.5) is 4.79 Å². The SMILES string of the molecule is O=C1CC(c2ccccc2)NC(=O)N1CCSC(=S)N1CCCC1. The van der Waals surface area contributed by atoms with E-state index in [1.807, 2.05) is 30.3 Å². The van der Waals surface area contributed by atoms with Gasteiger partial charge in [-0.25, -0.2) is 4.79 Å². The lowest BCUT2D eigenvalue weighted by Crippen LogP contribution is -2.52. The molecule has 0 bridgehead atoms. The molecule has 128 valence electrons. The number of rotatable bonds is 4. The van der Waals surface area contributed by atoms with Gasteiger partial charge >= 0.3 is 6.03 Å². The summed E-state index contributed by atoms with van der Waals surface area (Å²) in [6, 6.07) is 9.05. The number of nitrogens with one attached hydrogen (secondary N) is 1. The third-order valence-corrected chi connectivity index (χ3v) is 5.83. The second-order valence-corrected chi connectivity index (χ2v) is 7.70. The first kappa shape index (κ1) is 17.2. The molecule has 2 aliphatic heterocycles. The standard InChI is InChI=1S/C17H21N3O2S2/c21-15-12-14(13-6-2-1-3-7-13)18-16(22)20(15)10-11-24-17(23)19-8-4-5-9-19/h1-3,6-7,14H,4-5,8-12H2,(H,18,22). The number of thiocarbonyl (C=S) groups is 1. The Morgan fingerprint density at radius 1 is 1.21 bits per heavy atom. The van der Waals surface area contributed by atoms with Crippen molar-refractivity contribution >= 4 is 40.2 Å². The number of amides is 3. The highest BCUT2D eigenvalue weighted by Crippen LogP contribution is 2.23. The molecule has 1 aromatic carbocycles. The Balaban J connectivity index is 1.49. The van der Waals surface area contributed by atoms with E-state index in [0.29, 0.717) is 18.7 Å². The molecule has 0 radical (unpaired) electrons. The van der Waals surface area contributed by atoms with Crippen LogP contribution in [-0.4, -0.2) is 51.4 Å². The number of carbonyl (C=O) groups is 2. The van der Waals surface area contributed by atoms with Crippen LogP contribution in [0.15, 0.2) is 30.3 Å². The van der Waals surface area contributed by atoms with Gasteiger partial charge in [0.2, 0.25) is 5.91 Å². The monoisotopic (exact) mass is 363 g/mol. The summed E-state index contributed by atoms with van der Waals surface area (Å²) in [6.07, 6.45) is 2.68. The Labute approximate surface area is 151 Å². The molecule has 3 amide bonds. The number of urea groups is 1. The minimum Gasteiger partial charge on any atom is -0.358 e. The lowest BCUT2D eigenvalue weighted by Gasteiger charge is -2.31. The van der Waals surface area contributed by atoms with Crippen molar-refractivity contribution in [1.82, 2.24) is 15.1 Å². The van der Waals surface area contributed by atoms with Crippen molar-refractivity contribution in [2.24, 2.45) is 0 Å². The predicted molar refractivity (Wildman–Crippen MR) is 99.9 cm³/mol. The van der Waals surface area contributed by atoms with Crippen LogP contribution >= 0.6 is 24.0 Å². The van der Waals surface area contributed by atoms with Gasteiger partial charge in [-0.2, -0.15) is 0 Å². The molecular formula is C17H21N3O2S2. The van der Waals surface area contributed by atoms with Gasteiger partial charge in [0.05, 0.1) is 12.5 Å². The average Bonchev–Trinajstić information content (AvgIpc) is 3.12. The zero-order chi connectivity index (χ0) is 16.9. The molecule has 1 aromatic rings. The molecule has 0 aromatic heterocycles. The topological polar surface area (TPSA) is 52.7 Å². The highest BCUT2D eigenvalue weighted by Gasteiger charge is 2.32. The zero-order valence-corrected chi connectivity index (χ0v) is 15.1. The summed E-state index contributed by atoms with van der Waals surface area (Å²) in [5.74, 6) is 0.519. The van der Waals surface area contributed by atoms with Gasteiger partial charge in [-0.15, -0.1) is 0 Å². The van der Waals surface area contributed by atoms with E-state index in [1.54, 1.807) is 11.8 Å². The van der Waals surface area contributed by atoms with E-state index in [1.165, 1.54) is 17.7 Å². The highest BCUT2D eigenvalue weighted by molar-refractivity contribution is 8.22. The molecule has 0 saturated carbocycles. The Morgan fingerprint density at radius 2 is 1.92 bits per heavy atom. The van der Waals surface area contributed by atoms with Crippen LogP contribution in [0.3, 0.4) is 0 Å². The van der Waals surface area contributed by atoms with Gasteiger partial charge in [0.1, 0.15) is 4.32 Å². The Kier molecular flexibility index (Phi) is 5.73. The minimum absolute atomic E-state index is 0.125. The van der Waals surface area contributed by atoms with E-state index < -0.39 is 0 Å². The zero-order valence-electron chi connectivity index (χ0n) is 13.4. The molecule has 2 aliphatic rings. The number of imide groups is 1. The number of hydrogen-bond acceptors (Lipinski definition) is 4. The van der Waals surface area contributed by atoms with Crippen molar-refractivity contribution in [3.05, 3.63) is 35.9 Å². The normalized spacial score (nSPS) is 21.1. The lowest BCUT2D eigenvalue weighted by molar-refractivity contribution is -0.130. The summed E-state index contributed by atoms with van der Waals surface area (Å²) in [5.41, 5.74) is 0.962. The minimum atomic E-state index is -0.312. The molecule has 5 nitrogen and oxygen atoms in total. The lowest BCUT2D eigenvalue weighted by atomic mass is 10.0. The molecule has 0 spiro atoms. The van der Waals surface area contributed by atoms with Crippen molar-refractivity contribution in [2.75, 3.05) is 25.4 Å². The molecule has 24 heavy (non-hydrogen) atoms. The summed E-state index contributed by atoms with van der Waals surface area (Å²) < 4.78 is 0.875. The van der Waals surface area contributed by atoms with E-state index in [-0.39, 0.29) is 18.0 Å². The molecule has 1 unspecified atom stereocenters. The van der Waals surface area contributed by atoms with Crippen LogP contribution in [0, 0.1) is 0 Å². The Hall–Kier alpha value is -1.60. The smallest absolute Gasteiger partial charge is 0.324 e. The van der Waals surface area contributed by atoms with Crippen LogP contribution in [0.25, 0.3) is 0 Å². The summed E-state index contributed by atoms with van der Waals surface area (Å²) in [4.78, 5) is 28.1. The first-order valence-electron chi connectivity index (χ1n) is 8.22. The first-order chi connectivity index (χ1) is 11.6. The van der Waals surface area contributed by atoms with Crippen LogP contribution in [0.2, 0.25) is 0 Å². The van der Waals surface area contributed by atoms with E-state index in [2.05, 4.69) is 10.2 Å². The van der Waals surface area contributed by atoms with Crippen molar-refractivity contribution in [1.29, 1.82) is 0 Å². The van der Waals surface area contributed by atoms with E-state index in [9.17, 15) is 9.59 Å². The number of carbonyl (C=O) groups excluding carboxylic acids is 2. The second kappa shape index (κ2) is 7.98. The molecule has 1 atom stereocenters. The predicted octanol–water partition coefficient (Wildman–Crippen LogP) is 2.78. The van der Waals surface area contributed by atoms with Gasteiger partial charge in [0.15, 0.2) is 0 Å².